The SMILES string of the molecule is Cn1c(CNC(=O)c2cnn3cccnc23)nc2c(C(=O)O)cccc21. The van der Waals surface area contributed by atoms with E-state index in [1.807, 2.05) is 0 Å². The highest BCUT2D eigenvalue weighted by Gasteiger charge is 2.17. The van der Waals surface area contributed by atoms with Crippen LogP contribution in [0.3, 0.4) is 0 Å². The Morgan fingerprint density at radius 2 is 2.08 bits per heavy atom. The molecule has 0 saturated heterocycles. The second-order valence-electron chi connectivity index (χ2n) is 5.69. The number of aromatic carboxylic acids is 1. The summed E-state index contributed by atoms with van der Waals surface area (Å²) in [4.78, 5) is 32.3. The zero-order valence-corrected chi connectivity index (χ0v) is 13.7. The van der Waals surface area contributed by atoms with E-state index in [9.17, 15) is 14.7 Å². The number of rotatable bonds is 4. The normalized spacial score (nSPS) is 11.1. The Morgan fingerprint density at radius 1 is 1.23 bits per heavy atom. The first-order valence-electron chi connectivity index (χ1n) is 7.80. The Balaban J connectivity index is 1.62. The first-order chi connectivity index (χ1) is 12.6. The number of carbonyl (C=O) groups is 2. The van der Waals surface area contributed by atoms with Crippen LogP contribution in [-0.4, -0.2) is 41.1 Å². The van der Waals surface area contributed by atoms with Crippen LogP contribution in [0.5, 0.6) is 0 Å². The maximum absolute atomic E-state index is 12.5. The highest BCUT2D eigenvalue weighted by Crippen LogP contribution is 2.19. The van der Waals surface area contributed by atoms with Gasteiger partial charge in [0.2, 0.25) is 0 Å². The molecule has 0 aliphatic rings. The number of carboxylic acid groups (broad SMARTS) is 1. The quantitative estimate of drug-likeness (QED) is 0.572. The van der Waals surface area contributed by atoms with Gasteiger partial charge in [0, 0.05) is 19.4 Å². The molecule has 130 valence electrons. The zero-order valence-electron chi connectivity index (χ0n) is 13.7. The van der Waals surface area contributed by atoms with Gasteiger partial charge >= 0.3 is 5.97 Å². The number of nitrogens with zero attached hydrogens (tertiary/aromatic N) is 5. The topological polar surface area (TPSA) is 114 Å². The number of amides is 1. The molecule has 3 aromatic heterocycles. The van der Waals surface area contributed by atoms with Crippen LogP contribution in [0, 0.1) is 0 Å². The average molecular weight is 350 g/mol. The van der Waals surface area contributed by atoms with E-state index in [0.717, 1.165) is 0 Å². The third-order valence-corrected chi connectivity index (χ3v) is 4.17. The van der Waals surface area contributed by atoms with E-state index in [-0.39, 0.29) is 18.0 Å². The van der Waals surface area contributed by atoms with Crippen LogP contribution in [0.2, 0.25) is 0 Å². The molecular formula is C17H14N6O3. The lowest BCUT2D eigenvalue weighted by molar-refractivity contribution is 0.0698. The van der Waals surface area contributed by atoms with Gasteiger partial charge in [-0.1, -0.05) is 6.07 Å². The average Bonchev–Trinajstić information content (AvgIpc) is 3.21. The van der Waals surface area contributed by atoms with Crippen molar-refractivity contribution in [3.63, 3.8) is 0 Å². The van der Waals surface area contributed by atoms with Gasteiger partial charge in [-0.3, -0.25) is 4.79 Å². The molecule has 4 aromatic rings. The molecule has 1 aromatic carbocycles. The maximum Gasteiger partial charge on any atom is 0.337 e. The molecule has 0 aliphatic heterocycles. The summed E-state index contributed by atoms with van der Waals surface area (Å²) in [5, 5.41) is 16.2. The van der Waals surface area contributed by atoms with Crippen molar-refractivity contribution in [3.8, 4) is 0 Å². The van der Waals surface area contributed by atoms with Crippen LogP contribution in [0.15, 0.2) is 42.9 Å². The Morgan fingerprint density at radius 3 is 2.88 bits per heavy atom. The first-order valence-corrected chi connectivity index (χ1v) is 7.80. The standard InChI is InChI=1S/C17H14N6O3/c1-22-12-5-2-4-10(17(25)26)14(12)21-13(22)9-19-16(24)11-8-20-23-7-3-6-18-15(11)23/h2-8H,9H2,1H3,(H,19,24)(H,25,26). The maximum atomic E-state index is 12.5. The fourth-order valence-electron chi connectivity index (χ4n) is 2.84. The number of hydrogen-bond donors (Lipinski definition) is 2. The number of fused-ring (bicyclic) bond motifs is 2. The summed E-state index contributed by atoms with van der Waals surface area (Å²) in [6.45, 7) is 0.146. The molecule has 0 spiro atoms. The van der Waals surface area contributed by atoms with Crippen molar-refractivity contribution in [3.05, 3.63) is 59.8 Å². The van der Waals surface area contributed by atoms with E-state index in [4.69, 9.17) is 0 Å². The molecule has 0 aliphatic carbocycles. The van der Waals surface area contributed by atoms with Crippen LogP contribution >= 0.6 is 0 Å². The molecule has 2 N–H and O–H groups in total. The summed E-state index contributed by atoms with van der Waals surface area (Å²) >= 11 is 0. The molecule has 4 rings (SSSR count). The van der Waals surface area contributed by atoms with Crippen molar-refractivity contribution in [2.45, 2.75) is 6.54 Å². The summed E-state index contributed by atoms with van der Waals surface area (Å²) in [6, 6.07) is 6.68. The molecule has 0 bridgehead atoms. The van der Waals surface area contributed by atoms with Gasteiger partial charge in [0.15, 0.2) is 5.65 Å². The van der Waals surface area contributed by atoms with Gasteiger partial charge in [0.25, 0.3) is 5.91 Å². The highest BCUT2D eigenvalue weighted by atomic mass is 16.4. The van der Waals surface area contributed by atoms with Crippen molar-refractivity contribution in [1.82, 2.24) is 29.5 Å². The molecule has 0 atom stereocenters. The number of carboxylic acids is 1. The summed E-state index contributed by atoms with van der Waals surface area (Å²) in [7, 11) is 1.78. The number of para-hydroxylation sites is 1. The predicted octanol–water partition coefficient (Wildman–Crippen LogP) is 1.24. The van der Waals surface area contributed by atoms with Gasteiger partial charge in [-0.15, -0.1) is 0 Å². The molecule has 0 radical (unpaired) electrons. The number of aryl methyl sites for hydroxylation is 1. The van der Waals surface area contributed by atoms with Crippen LogP contribution < -0.4 is 5.32 Å². The number of aromatic nitrogens is 5. The van der Waals surface area contributed by atoms with Gasteiger partial charge in [0.1, 0.15) is 16.9 Å². The number of carbonyl (C=O) groups excluding carboxylic acids is 1. The first kappa shape index (κ1) is 15.8. The minimum absolute atomic E-state index is 0.127. The second-order valence-corrected chi connectivity index (χ2v) is 5.69. The van der Waals surface area contributed by atoms with Crippen LogP contribution in [0.4, 0.5) is 0 Å². The van der Waals surface area contributed by atoms with Gasteiger partial charge in [-0.25, -0.2) is 19.3 Å². The molecule has 1 amide bonds. The highest BCUT2D eigenvalue weighted by molar-refractivity contribution is 6.01. The Hall–Kier alpha value is -3.75. The predicted molar refractivity (Wildman–Crippen MR) is 91.8 cm³/mol. The minimum Gasteiger partial charge on any atom is -0.478 e. The van der Waals surface area contributed by atoms with Crippen LogP contribution in [0.25, 0.3) is 16.7 Å². The van der Waals surface area contributed by atoms with Gasteiger partial charge in [0.05, 0.1) is 23.8 Å². The Bertz CT molecular complexity index is 1160. The molecule has 26 heavy (non-hydrogen) atoms. The Labute approximate surface area is 146 Å². The van der Waals surface area contributed by atoms with Gasteiger partial charge < -0.3 is 15.0 Å². The van der Waals surface area contributed by atoms with Gasteiger partial charge in [-0.2, -0.15) is 5.10 Å². The van der Waals surface area contributed by atoms with E-state index < -0.39 is 5.97 Å². The molecule has 0 unspecified atom stereocenters. The minimum atomic E-state index is -1.04. The molecule has 0 saturated carbocycles. The fraction of sp³-hybridized carbons (Fsp3) is 0.118. The number of benzene rings is 1. The van der Waals surface area contributed by atoms with Crippen molar-refractivity contribution in [1.29, 1.82) is 0 Å². The summed E-state index contributed by atoms with van der Waals surface area (Å²) in [5.74, 6) is -0.822. The smallest absolute Gasteiger partial charge is 0.337 e. The lowest BCUT2D eigenvalue weighted by atomic mass is 10.2. The second kappa shape index (κ2) is 5.96. The van der Waals surface area contributed by atoms with E-state index in [0.29, 0.717) is 28.1 Å². The third-order valence-electron chi connectivity index (χ3n) is 4.17. The van der Waals surface area contributed by atoms with Crippen molar-refractivity contribution in [2.24, 2.45) is 7.05 Å². The summed E-state index contributed by atoms with van der Waals surface area (Å²) in [5.41, 5.74) is 2.03. The van der Waals surface area contributed by atoms with Crippen molar-refractivity contribution >= 4 is 28.6 Å². The molecule has 3 heterocycles. The lowest BCUT2D eigenvalue weighted by Crippen LogP contribution is -2.24. The monoisotopic (exact) mass is 350 g/mol. The van der Waals surface area contributed by atoms with Gasteiger partial charge in [-0.05, 0) is 18.2 Å². The summed E-state index contributed by atoms with van der Waals surface area (Å²) < 4.78 is 3.28. The lowest BCUT2D eigenvalue weighted by Gasteiger charge is -2.04. The number of nitrogens with one attached hydrogen (secondary N) is 1. The van der Waals surface area contributed by atoms with Crippen LogP contribution in [-0.2, 0) is 13.6 Å². The summed E-state index contributed by atoms with van der Waals surface area (Å²) in [6.07, 6.45) is 4.75. The third kappa shape index (κ3) is 2.46. The van der Waals surface area contributed by atoms with Crippen LogP contribution in [0.1, 0.15) is 26.5 Å². The van der Waals surface area contributed by atoms with E-state index in [1.54, 1.807) is 42.2 Å². The fourth-order valence-corrected chi connectivity index (χ4v) is 2.84. The Kier molecular flexibility index (Phi) is 3.61. The molecule has 9 heteroatoms. The molecule has 9 nitrogen and oxygen atoms in total. The van der Waals surface area contributed by atoms with E-state index in [2.05, 4.69) is 20.4 Å². The number of imidazole rings is 1. The largest absolute Gasteiger partial charge is 0.478 e. The van der Waals surface area contributed by atoms with E-state index >= 15 is 0 Å². The van der Waals surface area contributed by atoms with E-state index in [1.165, 1.54) is 16.8 Å². The number of hydrogen-bond acceptors (Lipinski definition) is 5. The molecular weight excluding hydrogens is 336 g/mol. The van der Waals surface area contributed by atoms with Crippen molar-refractivity contribution in [2.75, 3.05) is 0 Å². The molecule has 0 fully saturated rings. The van der Waals surface area contributed by atoms with Crippen molar-refractivity contribution < 1.29 is 14.7 Å². The zero-order chi connectivity index (χ0) is 18.3.